The lowest BCUT2D eigenvalue weighted by atomic mass is 10.1. The maximum absolute atomic E-state index is 12.5. The first kappa shape index (κ1) is 16.0. The number of halogens is 3. The van der Waals surface area contributed by atoms with Crippen molar-refractivity contribution in [1.29, 1.82) is 0 Å². The van der Waals surface area contributed by atoms with E-state index in [1.807, 2.05) is 13.8 Å². The highest BCUT2D eigenvalue weighted by Crippen LogP contribution is 2.29. The fourth-order valence-electron chi connectivity index (χ4n) is 1.82. The second-order valence-electron chi connectivity index (χ2n) is 5.16. The molecule has 1 aromatic heterocycles. The van der Waals surface area contributed by atoms with Gasteiger partial charge in [-0.15, -0.1) is 0 Å². The van der Waals surface area contributed by atoms with Crippen molar-refractivity contribution in [3.8, 4) is 0 Å². The summed E-state index contributed by atoms with van der Waals surface area (Å²) in [7, 11) is 0. The average molecular weight is 308 g/mol. The number of hydrogen-bond donors (Lipinski definition) is 1. The van der Waals surface area contributed by atoms with Crippen LogP contribution in [-0.2, 0) is 6.18 Å². The molecule has 6 heteroatoms. The smallest absolute Gasteiger partial charge is 0.310 e. The first-order chi connectivity index (χ1) is 10.3. The summed E-state index contributed by atoms with van der Waals surface area (Å²) in [4.78, 5) is 18.5. The van der Waals surface area contributed by atoms with Crippen molar-refractivity contribution in [2.75, 3.05) is 0 Å². The van der Waals surface area contributed by atoms with Crippen LogP contribution in [0.4, 0.5) is 13.2 Å². The third-order valence-electron chi connectivity index (χ3n) is 3.01. The highest BCUT2D eigenvalue weighted by molar-refractivity contribution is 5.67. The molecule has 0 atom stereocenters. The van der Waals surface area contributed by atoms with E-state index >= 15 is 0 Å². The number of aromatic nitrogens is 2. The standard InChI is InChI=1S/C16H15F3N2O/c1-10(2)15-20-13(9-14(22)21-15)8-5-11-3-6-12(7-4-11)16(17,18)19/h3-10H,1-2H3,(H,20,21,22)/b8-5+. The van der Waals surface area contributed by atoms with E-state index in [0.717, 1.165) is 12.1 Å². The summed E-state index contributed by atoms with van der Waals surface area (Å²) in [5, 5.41) is 0. The van der Waals surface area contributed by atoms with Gasteiger partial charge < -0.3 is 4.98 Å². The summed E-state index contributed by atoms with van der Waals surface area (Å²) in [6.45, 7) is 3.81. The first-order valence-electron chi connectivity index (χ1n) is 6.72. The van der Waals surface area contributed by atoms with E-state index in [2.05, 4.69) is 9.97 Å². The van der Waals surface area contributed by atoms with Gasteiger partial charge in [0.15, 0.2) is 0 Å². The predicted octanol–water partition coefficient (Wildman–Crippen LogP) is 4.08. The summed E-state index contributed by atoms with van der Waals surface area (Å²) in [5.41, 5.74) is 0.111. The molecule has 1 aromatic carbocycles. The molecule has 2 aromatic rings. The zero-order valence-electron chi connectivity index (χ0n) is 12.1. The van der Waals surface area contributed by atoms with Crippen LogP contribution in [0.3, 0.4) is 0 Å². The molecule has 116 valence electrons. The molecule has 0 spiro atoms. The Kier molecular flexibility index (Phi) is 4.49. The minimum Gasteiger partial charge on any atom is -0.310 e. The fourth-order valence-corrected chi connectivity index (χ4v) is 1.82. The van der Waals surface area contributed by atoms with Crippen LogP contribution < -0.4 is 5.56 Å². The molecular weight excluding hydrogens is 293 g/mol. The Balaban J connectivity index is 2.23. The minimum atomic E-state index is -4.34. The zero-order valence-corrected chi connectivity index (χ0v) is 12.1. The number of nitrogens with zero attached hydrogens (tertiary/aromatic N) is 1. The Morgan fingerprint density at radius 2 is 1.77 bits per heavy atom. The summed E-state index contributed by atoms with van der Waals surface area (Å²) >= 11 is 0. The molecule has 0 saturated heterocycles. The molecule has 0 saturated carbocycles. The van der Waals surface area contributed by atoms with Crippen LogP contribution in [0.25, 0.3) is 12.2 Å². The fraction of sp³-hybridized carbons (Fsp3) is 0.250. The van der Waals surface area contributed by atoms with Crippen LogP contribution in [0.15, 0.2) is 35.1 Å². The molecule has 0 radical (unpaired) electrons. The van der Waals surface area contributed by atoms with Gasteiger partial charge in [-0.3, -0.25) is 4.79 Å². The van der Waals surface area contributed by atoms with Crippen molar-refractivity contribution in [2.24, 2.45) is 0 Å². The number of hydrogen-bond acceptors (Lipinski definition) is 2. The molecule has 3 nitrogen and oxygen atoms in total. The zero-order chi connectivity index (χ0) is 16.3. The summed E-state index contributed by atoms with van der Waals surface area (Å²) in [6, 6.07) is 6.12. The van der Waals surface area contributed by atoms with Gasteiger partial charge in [0.25, 0.3) is 5.56 Å². The second-order valence-corrected chi connectivity index (χ2v) is 5.16. The first-order valence-corrected chi connectivity index (χ1v) is 6.72. The maximum Gasteiger partial charge on any atom is 0.416 e. The highest BCUT2D eigenvalue weighted by Gasteiger charge is 2.29. The van der Waals surface area contributed by atoms with Gasteiger partial charge in [0.2, 0.25) is 0 Å². The Morgan fingerprint density at radius 3 is 2.32 bits per heavy atom. The van der Waals surface area contributed by atoms with Crippen molar-refractivity contribution in [2.45, 2.75) is 25.9 Å². The van der Waals surface area contributed by atoms with Gasteiger partial charge in [-0.2, -0.15) is 13.2 Å². The third kappa shape index (κ3) is 4.07. The number of H-pyrrole nitrogens is 1. The Hall–Kier alpha value is -2.37. The molecule has 0 fully saturated rings. The second kappa shape index (κ2) is 6.17. The van der Waals surface area contributed by atoms with Crippen LogP contribution in [0, 0.1) is 0 Å². The SMILES string of the molecule is CC(C)c1nc(/C=C/c2ccc(C(F)(F)F)cc2)cc(=O)[nH]1. The lowest BCUT2D eigenvalue weighted by Crippen LogP contribution is -2.12. The van der Waals surface area contributed by atoms with E-state index in [4.69, 9.17) is 0 Å². The largest absolute Gasteiger partial charge is 0.416 e. The number of nitrogens with one attached hydrogen (secondary N) is 1. The van der Waals surface area contributed by atoms with Crippen LogP contribution >= 0.6 is 0 Å². The van der Waals surface area contributed by atoms with Gasteiger partial charge in [0, 0.05) is 12.0 Å². The van der Waals surface area contributed by atoms with Crippen LogP contribution in [0.5, 0.6) is 0 Å². The topological polar surface area (TPSA) is 45.8 Å². The third-order valence-corrected chi connectivity index (χ3v) is 3.01. The van der Waals surface area contributed by atoms with Crippen LogP contribution in [0.1, 0.15) is 42.4 Å². The van der Waals surface area contributed by atoms with Crippen molar-refractivity contribution in [3.63, 3.8) is 0 Å². The molecule has 1 N–H and O–H groups in total. The van der Waals surface area contributed by atoms with E-state index in [0.29, 0.717) is 17.1 Å². The van der Waals surface area contributed by atoms with Gasteiger partial charge in [-0.05, 0) is 23.8 Å². The molecule has 22 heavy (non-hydrogen) atoms. The van der Waals surface area contributed by atoms with E-state index < -0.39 is 11.7 Å². The number of aromatic amines is 1. The maximum atomic E-state index is 12.5. The number of alkyl halides is 3. The van der Waals surface area contributed by atoms with Crippen LogP contribution in [-0.4, -0.2) is 9.97 Å². The Labute approximate surface area is 125 Å². The van der Waals surface area contributed by atoms with Gasteiger partial charge in [0.1, 0.15) is 5.82 Å². The summed E-state index contributed by atoms with van der Waals surface area (Å²) in [5.74, 6) is 0.645. The monoisotopic (exact) mass is 308 g/mol. The van der Waals surface area contributed by atoms with Crippen molar-refractivity contribution >= 4 is 12.2 Å². The highest BCUT2D eigenvalue weighted by atomic mass is 19.4. The Bertz CT molecular complexity index is 728. The van der Waals surface area contributed by atoms with Crippen molar-refractivity contribution < 1.29 is 13.2 Å². The lowest BCUT2D eigenvalue weighted by Gasteiger charge is -2.06. The molecule has 0 aliphatic heterocycles. The van der Waals surface area contributed by atoms with Crippen LogP contribution in [0.2, 0.25) is 0 Å². The van der Waals surface area contributed by atoms with E-state index in [1.165, 1.54) is 18.2 Å². The summed E-state index contributed by atoms with van der Waals surface area (Å²) in [6.07, 6.45) is -1.13. The molecular formula is C16H15F3N2O. The van der Waals surface area contributed by atoms with E-state index in [9.17, 15) is 18.0 Å². The molecule has 0 aliphatic carbocycles. The molecule has 0 unspecified atom stereocenters. The molecule has 0 aliphatic rings. The van der Waals surface area contributed by atoms with Gasteiger partial charge in [0.05, 0.1) is 11.3 Å². The van der Waals surface area contributed by atoms with Crippen molar-refractivity contribution in [3.05, 3.63) is 63.3 Å². The molecule has 0 amide bonds. The average Bonchev–Trinajstić information content (AvgIpc) is 2.44. The van der Waals surface area contributed by atoms with Gasteiger partial charge in [-0.25, -0.2) is 4.98 Å². The quantitative estimate of drug-likeness (QED) is 0.928. The predicted molar refractivity (Wildman–Crippen MR) is 79.3 cm³/mol. The normalized spacial score (nSPS) is 12.3. The van der Waals surface area contributed by atoms with E-state index in [-0.39, 0.29) is 11.5 Å². The lowest BCUT2D eigenvalue weighted by molar-refractivity contribution is -0.137. The minimum absolute atomic E-state index is 0.0760. The molecule has 0 bridgehead atoms. The van der Waals surface area contributed by atoms with Gasteiger partial charge >= 0.3 is 6.18 Å². The van der Waals surface area contributed by atoms with E-state index in [1.54, 1.807) is 12.2 Å². The Morgan fingerprint density at radius 1 is 1.14 bits per heavy atom. The van der Waals surface area contributed by atoms with Gasteiger partial charge in [-0.1, -0.05) is 32.1 Å². The molecule has 1 heterocycles. The molecule has 2 rings (SSSR count). The summed E-state index contributed by atoms with van der Waals surface area (Å²) < 4.78 is 37.4. The number of rotatable bonds is 3. The van der Waals surface area contributed by atoms with Crippen molar-refractivity contribution in [1.82, 2.24) is 9.97 Å². The number of benzene rings is 1.